The molecule has 3 aliphatic rings. The van der Waals surface area contributed by atoms with Crippen LogP contribution >= 0.6 is 79.4 Å². The second kappa shape index (κ2) is 61.2. The van der Waals surface area contributed by atoms with E-state index >= 15 is 0 Å². The number of nitrogens with zero attached hydrogens (tertiary/aromatic N) is 4. The summed E-state index contributed by atoms with van der Waals surface area (Å²) in [5.41, 5.74) is 52.5. The number of Topliss-reactive ketones (excluding diaryl/α,β-unsaturated/α-hetero) is 1. The number of aromatic amines is 3. The normalized spacial score (nSPS) is 11.8. The van der Waals surface area contributed by atoms with Crippen LogP contribution in [0.3, 0.4) is 0 Å². The number of nitrogens with two attached hydrogens (primary N) is 9. The molecular formula is C88H100N16Na2O15S15. The SMILES string of the molecule is CCC(OC)(OC)OC.CCc1nc2sc3ccccc3c2c(=O)[nH]1.CCc1nc2sc3ccccc3c2c(=O)[nH]1.N#CCC(N)=O.NC(=O)c1c(N)sc2c1CCCC2.NC(=O)c1c(N)sc2c1CCCC2.NC(=O)c1c(N)sc2ccccc12.NC(=O)c1c(N)sc2ccccc12.O=C1CCCCC1.O=CO[O-].S=S=S=S=S=S=S=S.[2H]CCc1nc2sc3ccccc3c2c(=O)[nH]1.[H-].[Na+].[Na+]. The minimum absolute atomic E-state index is 0. The first-order chi connectivity index (χ1) is 64.9. The Morgan fingerprint density at radius 3 is 1.01 bits per heavy atom. The fourth-order valence-corrected chi connectivity index (χ4v) is 32.1. The van der Waals surface area contributed by atoms with Crippen LogP contribution in [0.1, 0.15) is 181 Å². The number of nitrogen functional groups attached to an aromatic ring is 4. The number of anilines is 4. The van der Waals surface area contributed by atoms with Crippen LogP contribution in [0, 0.1) is 11.3 Å². The van der Waals surface area contributed by atoms with Crippen LogP contribution in [0.15, 0.2) is 136 Å². The van der Waals surface area contributed by atoms with Gasteiger partial charge in [-0.3, -0.25) is 47.9 Å². The van der Waals surface area contributed by atoms with Crippen LogP contribution < -0.4 is 133 Å². The number of carbonyl (C=O) groups is 7. The van der Waals surface area contributed by atoms with Crippen molar-refractivity contribution in [3.63, 3.8) is 0 Å². The largest absolute Gasteiger partial charge is 1.00 e. The number of H-pyrrole nitrogens is 3. The standard InChI is InChI=1S/3C12H10N2OS.2C9H12N2OS.2C9H8N2OS.C6H14O3.C6H10O.C3H4N2O.CH2O3.2Na.S8.H/c3*1-2-9-13-11(15)10-7-5-3-4-6-8(7)16-12(10)14-9;4*10-8(12)7-5-3-1-2-4-6(5)13-9(7)11;1-5-6(7-2,8-3)9-4;7-6-4-2-1-3-5-6;4-2-1-3(5)6;2-1-4-3;;;1-3-5-7-8-6-4-2;/h3*3-6H,2H2,1H3,(H,13,14,15);2*1-4,11H2,(H2,10,12);2*1-4H,11H2,(H2,10,12);5H2,1-4H3;1-5H2;1H2,(H2,5,6);1,3H;;;;/q;;;;;;;;;;;2*+1;;-1/p-1/i1D;;;;;;;;;;;;;;. The third-order valence-corrected chi connectivity index (χ3v) is 38.2. The Hall–Kier alpha value is -8.50. The minimum atomic E-state index is -0.833. The zero-order valence-corrected chi connectivity index (χ0v) is 91.5. The van der Waals surface area contributed by atoms with Crippen molar-refractivity contribution < 1.29 is 120 Å². The van der Waals surface area contributed by atoms with Gasteiger partial charge in [0.15, 0.2) is 0 Å². The number of thiophene rings is 7. The van der Waals surface area contributed by atoms with Gasteiger partial charge in [0.1, 0.15) is 44.2 Å². The summed E-state index contributed by atoms with van der Waals surface area (Å²) in [6.07, 6.45) is 16.4. The number of fused-ring (bicyclic) bond motifs is 13. The van der Waals surface area contributed by atoms with E-state index in [9.17, 15) is 43.2 Å². The number of carbonyl (C=O) groups excluding carboxylic acids is 7. The molecule has 15 aromatic rings. The molecule has 714 valence electrons. The number of aromatic nitrogens is 6. The zero-order valence-electron chi connectivity index (χ0n) is 77.3. The Kier molecular flexibility index (Phi) is 52.3. The first-order valence-corrected chi connectivity index (χ1v) is 55.8. The van der Waals surface area contributed by atoms with Crippen LogP contribution in [0.25, 0.3) is 81.1 Å². The van der Waals surface area contributed by atoms with Crippen molar-refractivity contribution in [1.82, 2.24) is 29.9 Å². The summed E-state index contributed by atoms with van der Waals surface area (Å²) in [6, 6.07) is 40.3. The molecule has 5 amide bonds. The Morgan fingerprint density at radius 1 is 0.471 bits per heavy atom. The summed E-state index contributed by atoms with van der Waals surface area (Å²) in [4.78, 5) is 138. The molecule has 0 bridgehead atoms. The van der Waals surface area contributed by atoms with Crippen LogP contribution in [0.2, 0.25) is 0 Å². The van der Waals surface area contributed by atoms with Crippen molar-refractivity contribution in [2.75, 3.05) is 44.3 Å². The summed E-state index contributed by atoms with van der Waals surface area (Å²) in [5, 5.41) is 25.0. The van der Waals surface area contributed by atoms with Gasteiger partial charge in [-0.05, 0) is 106 Å². The van der Waals surface area contributed by atoms with Crippen molar-refractivity contribution in [2.45, 2.75) is 149 Å². The Morgan fingerprint density at radius 2 is 0.765 bits per heavy atom. The van der Waals surface area contributed by atoms with E-state index in [4.69, 9.17) is 76.8 Å². The predicted octanol–water partition coefficient (Wildman–Crippen LogP) is 8.31. The molecule has 0 unspecified atom stereocenters. The minimum Gasteiger partial charge on any atom is -1.00 e. The molecule has 0 aliphatic heterocycles. The van der Waals surface area contributed by atoms with Gasteiger partial charge in [-0.25, -0.2) is 15.0 Å². The summed E-state index contributed by atoms with van der Waals surface area (Å²) < 4.78 is 27.3. The zero-order chi connectivity index (χ0) is 98.8. The summed E-state index contributed by atoms with van der Waals surface area (Å²) in [5.74, 6) is -0.514. The molecule has 0 spiro atoms. The Labute approximate surface area is 884 Å². The van der Waals surface area contributed by atoms with Gasteiger partial charge < -0.3 is 92.3 Å². The maximum atomic E-state index is 12.0. The molecular weight excluding hydrogens is 2050 g/mol. The Balaban J connectivity index is 0.000000319. The molecule has 31 nitrogen and oxygen atoms in total. The number of primary amides is 5. The molecule has 1 fully saturated rings. The molecule has 0 atom stereocenters. The molecule has 0 radical (unpaired) electrons. The van der Waals surface area contributed by atoms with Crippen molar-refractivity contribution in [3.8, 4) is 6.07 Å². The number of nitriles is 1. The molecule has 21 N–H and O–H groups in total. The predicted molar refractivity (Wildman–Crippen MR) is 567 cm³/mol. The average molecular weight is 2150 g/mol. The number of ether oxygens (including phenoxy) is 3. The number of benzene rings is 5. The average Bonchev–Trinajstić information content (AvgIpc) is 1.62. The first-order valence-electron chi connectivity index (χ1n) is 41.5. The Bertz CT molecular complexity index is 6880. The van der Waals surface area contributed by atoms with E-state index in [1.165, 1.54) is 103 Å². The van der Waals surface area contributed by atoms with Crippen LogP contribution in [-0.2, 0) is 154 Å². The van der Waals surface area contributed by atoms with Crippen molar-refractivity contribution in [3.05, 3.63) is 213 Å². The van der Waals surface area contributed by atoms with E-state index in [1.807, 2.05) is 142 Å². The molecule has 3 aliphatic carbocycles. The maximum absolute atomic E-state index is 12.0. The van der Waals surface area contributed by atoms with Gasteiger partial charge in [-0.1, -0.05) is 125 Å². The first kappa shape index (κ1) is 116. The van der Waals surface area contributed by atoms with E-state index in [0.29, 0.717) is 72.1 Å². The summed E-state index contributed by atoms with van der Waals surface area (Å²) in [6.45, 7) is 5.95. The third-order valence-electron chi connectivity index (χ3n) is 19.6. The third kappa shape index (κ3) is 33.9. The molecule has 10 heterocycles. The molecule has 0 saturated heterocycles. The second-order valence-electron chi connectivity index (χ2n) is 28.0. The van der Waals surface area contributed by atoms with Crippen molar-refractivity contribution in [2.24, 2.45) is 28.7 Å². The molecule has 10 aromatic heterocycles. The number of amides is 5. The monoisotopic (exact) mass is 2150 g/mol. The number of methoxy groups -OCH3 is 3. The molecule has 18 rings (SSSR count). The van der Waals surface area contributed by atoms with Crippen LogP contribution in [-0.4, -0.2) is 99.0 Å². The smallest absolute Gasteiger partial charge is 1.00 e. The topological polar surface area (TPSA) is 575 Å². The fraction of sp³-hybridized carbons (Fsp3) is 0.295. The van der Waals surface area contributed by atoms with Gasteiger partial charge in [-0.15, -0.1) is 79.4 Å². The molecule has 136 heavy (non-hydrogen) atoms. The van der Waals surface area contributed by atoms with E-state index in [2.05, 4.69) is 62.9 Å². The number of aryl methyl sites for hydroxylation is 5. The van der Waals surface area contributed by atoms with Crippen molar-refractivity contribution >= 4 is 298 Å². The van der Waals surface area contributed by atoms with E-state index in [0.717, 1.165) is 176 Å². The van der Waals surface area contributed by atoms with Crippen LogP contribution in [0.5, 0.6) is 0 Å². The summed E-state index contributed by atoms with van der Waals surface area (Å²) in [7, 11) is 13.8. The maximum Gasteiger partial charge on any atom is 1.00 e. The van der Waals surface area contributed by atoms with E-state index < -0.39 is 23.7 Å². The molecule has 5 aromatic carbocycles. The summed E-state index contributed by atoms with van der Waals surface area (Å²) >= 11 is 19.7. The van der Waals surface area contributed by atoms with Gasteiger partial charge >= 0.3 is 59.1 Å². The van der Waals surface area contributed by atoms with Gasteiger partial charge in [-0.2, -0.15) is 5.26 Å². The van der Waals surface area contributed by atoms with Gasteiger partial charge in [0.2, 0.25) is 5.91 Å². The van der Waals surface area contributed by atoms with Crippen LogP contribution in [0.4, 0.5) is 20.0 Å². The number of hydrogen-bond acceptors (Lipinski definition) is 32. The van der Waals surface area contributed by atoms with E-state index in [-0.39, 0.29) is 109 Å². The number of nitrogens with one attached hydrogen (secondary N) is 3. The quantitative estimate of drug-likeness (QED) is 0.0170. The number of rotatable bonds is 13. The molecule has 1 saturated carbocycles. The number of hydrogen-bond donors (Lipinski definition) is 12. The van der Waals surface area contributed by atoms with Gasteiger partial charge in [0, 0.05) is 197 Å². The molecule has 48 heteroatoms. The van der Waals surface area contributed by atoms with E-state index in [1.54, 1.807) is 85.6 Å². The number of ketones is 1. The van der Waals surface area contributed by atoms with Gasteiger partial charge in [0.25, 0.3) is 52.8 Å². The fourth-order valence-electron chi connectivity index (χ4n) is 13.6. The second-order valence-corrected chi connectivity index (χ2v) is 46.2. The van der Waals surface area contributed by atoms with Crippen molar-refractivity contribution in [1.29, 1.82) is 5.26 Å². The van der Waals surface area contributed by atoms with Gasteiger partial charge in [0.05, 0.1) is 64.5 Å².